The number of rotatable bonds is 7. The topological polar surface area (TPSA) is 89.9 Å². The number of carbonyl (C=O) groups is 1. The van der Waals surface area contributed by atoms with Crippen molar-refractivity contribution >= 4 is 16.4 Å². The van der Waals surface area contributed by atoms with E-state index in [0.29, 0.717) is 12.8 Å². The quantitative estimate of drug-likeness (QED) is 0.290. The fraction of sp³-hybridized carbons (Fsp3) is 0.571. The molecule has 0 aromatic heterocycles. The Morgan fingerprint density at radius 3 is 2.43 bits per heavy atom. The van der Waals surface area contributed by atoms with Crippen molar-refractivity contribution in [2.45, 2.75) is 12.8 Å². The maximum Gasteiger partial charge on any atom is 0.397 e. The Hall–Kier alpha value is -0.920. The van der Waals surface area contributed by atoms with Gasteiger partial charge in [0.15, 0.2) is 0 Å². The molecule has 0 aliphatic heterocycles. The summed E-state index contributed by atoms with van der Waals surface area (Å²) in [6.45, 7) is 3.23. The van der Waals surface area contributed by atoms with Crippen molar-refractivity contribution in [2.75, 3.05) is 13.2 Å². The van der Waals surface area contributed by atoms with Crippen LogP contribution < -0.4 is 0 Å². The van der Waals surface area contributed by atoms with E-state index in [1.165, 1.54) is 0 Å². The van der Waals surface area contributed by atoms with Gasteiger partial charge in [-0.15, -0.1) is 0 Å². The molecule has 14 heavy (non-hydrogen) atoms. The zero-order valence-electron chi connectivity index (χ0n) is 7.51. The molecule has 6 nitrogen and oxygen atoms in total. The molecule has 1 N–H and O–H groups in total. The summed E-state index contributed by atoms with van der Waals surface area (Å²) in [6, 6.07) is 0. The van der Waals surface area contributed by atoms with Gasteiger partial charge in [0.1, 0.15) is 0 Å². The molecule has 0 saturated heterocycles. The van der Waals surface area contributed by atoms with Crippen molar-refractivity contribution < 1.29 is 26.7 Å². The van der Waals surface area contributed by atoms with Gasteiger partial charge in [-0.2, -0.15) is 8.42 Å². The van der Waals surface area contributed by atoms with Crippen molar-refractivity contribution in [1.29, 1.82) is 0 Å². The van der Waals surface area contributed by atoms with Crippen molar-refractivity contribution in [3.63, 3.8) is 0 Å². The first-order valence-corrected chi connectivity index (χ1v) is 5.23. The van der Waals surface area contributed by atoms with Crippen LogP contribution in [0, 0.1) is 0 Å². The molecular formula is C7H12O6S. The molecular weight excluding hydrogens is 212 g/mol. The first kappa shape index (κ1) is 13.1. The molecule has 0 rings (SSSR count). The average Bonchev–Trinajstić information content (AvgIpc) is 2.08. The van der Waals surface area contributed by atoms with Crippen molar-refractivity contribution in [1.82, 2.24) is 0 Å². The summed E-state index contributed by atoms with van der Waals surface area (Å²) >= 11 is 0. The van der Waals surface area contributed by atoms with Crippen LogP contribution in [0.4, 0.5) is 0 Å². The van der Waals surface area contributed by atoms with Gasteiger partial charge in [-0.05, 0) is 12.8 Å². The Bertz CT molecular complexity index is 281. The number of esters is 1. The first-order chi connectivity index (χ1) is 6.45. The van der Waals surface area contributed by atoms with Crippen LogP contribution in [-0.2, 0) is 24.1 Å². The highest BCUT2D eigenvalue weighted by Crippen LogP contribution is 1.95. The molecule has 0 heterocycles. The molecule has 0 bridgehead atoms. The Balaban J connectivity index is 3.31. The van der Waals surface area contributed by atoms with Crippen molar-refractivity contribution in [3.05, 3.63) is 12.7 Å². The minimum Gasteiger partial charge on any atom is -0.463 e. The van der Waals surface area contributed by atoms with Gasteiger partial charge < -0.3 is 4.74 Å². The van der Waals surface area contributed by atoms with Crippen LogP contribution in [0.15, 0.2) is 12.7 Å². The number of unbranched alkanes of at least 4 members (excludes halogenated alkanes) is 1. The highest BCUT2D eigenvalue weighted by Gasteiger charge is 2.03. The Labute approximate surface area is 82.5 Å². The number of hydrogen-bond acceptors (Lipinski definition) is 5. The molecule has 0 saturated carbocycles. The van der Waals surface area contributed by atoms with Gasteiger partial charge >= 0.3 is 16.4 Å². The van der Waals surface area contributed by atoms with Crippen LogP contribution >= 0.6 is 0 Å². The predicted octanol–water partition coefficient (Wildman–Crippen LogP) is 0.315. The molecule has 7 heteroatoms. The molecule has 0 atom stereocenters. The lowest BCUT2D eigenvalue weighted by Crippen LogP contribution is -2.07. The van der Waals surface area contributed by atoms with E-state index in [2.05, 4.69) is 15.5 Å². The average molecular weight is 224 g/mol. The molecule has 0 aliphatic carbocycles. The van der Waals surface area contributed by atoms with E-state index in [4.69, 9.17) is 4.55 Å². The molecule has 0 fully saturated rings. The van der Waals surface area contributed by atoms with E-state index >= 15 is 0 Å². The van der Waals surface area contributed by atoms with Gasteiger partial charge in [-0.25, -0.2) is 8.98 Å². The lowest BCUT2D eigenvalue weighted by molar-refractivity contribution is -0.137. The zero-order chi connectivity index (χ0) is 11.0. The lowest BCUT2D eigenvalue weighted by atomic mass is 10.3. The molecule has 0 unspecified atom stereocenters. The van der Waals surface area contributed by atoms with Crippen molar-refractivity contribution in [3.8, 4) is 0 Å². The molecule has 0 radical (unpaired) electrons. The Morgan fingerprint density at radius 2 is 1.93 bits per heavy atom. The van der Waals surface area contributed by atoms with Gasteiger partial charge in [0, 0.05) is 6.08 Å². The summed E-state index contributed by atoms with van der Waals surface area (Å²) in [5, 5.41) is 0. The van der Waals surface area contributed by atoms with Crippen LogP contribution in [-0.4, -0.2) is 32.2 Å². The molecule has 82 valence electrons. The highest BCUT2D eigenvalue weighted by atomic mass is 32.3. The minimum atomic E-state index is -4.36. The maximum atomic E-state index is 10.5. The Kier molecular flexibility index (Phi) is 6.09. The van der Waals surface area contributed by atoms with E-state index < -0.39 is 16.4 Å². The molecule has 0 amide bonds. The van der Waals surface area contributed by atoms with E-state index in [1.807, 2.05) is 0 Å². The third-order valence-corrected chi connectivity index (χ3v) is 1.65. The van der Waals surface area contributed by atoms with Crippen LogP contribution in [0.25, 0.3) is 0 Å². The fourth-order valence-electron chi connectivity index (χ4n) is 0.600. The number of ether oxygens (including phenoxy) is 1. The zero-order valence-corrected chi connectivity index (χ0v) is 8.33. The van der Waals surface area contributed by atoms with Crippen LogP contribution in [0.2, 0.25) is 0 Å². The molecule has 0 aromatic rings. The lowest BCUT2D eigenvalue weighted by Gasteiger charge is -2.01. The van der Waals surface area contributed by atoms with Gasteiger partial charge in [0.05, 0.1) is 13.2 Å². The van der Waals surface area contributed by atoms with Crippen LogP contribution in [0.3, 0.4) is 0 Å². The van der Waals surface area contributed by atoms with Crippen LogP contribution in [0.5, 0.6) is 0 Å². The SMILES string of the molecule is C=CC(=O)OCCCCOS(=O)(=O)O. The van der Waals surface area contributed by atoms with Gasteiger partial charge in [-0.3, -0.25) is 4.55 Å². The Morgan fingerprint density at radius 1 is 1.36 bits per heavy atom. The molecule has 0 aromatic carbocycles. The molecule has 0 aliphatic rings. The second kappa shape index (κ2) is 6.52. The minimum absolute atomic E-state index is 0.134. The normalized spacial score (nSPS) is 10.9. The number of hydrogen-bond donors (Lipinski definition) is 1. The third-order valence-electron chi connectivity index (χ3n) is 1.18. The summed E-state index contributed by atoms with van der Waals surface area (Å²) in [5.41, 5.74) is 0. The predicted molar refractivity (Wildman–Crippen MR) is 47.9 cm³/mol. The monoisotopic (exact) mass is 224 g/mol. The molecule has 0 spiro atoms. The third kappa shape index (κ3) is 9.17. The second-order valence-electron chi connectivity index (χ2n) is 2.33. The number of carbonyl (C=O) groups excluding carboxylic acids is 1. The van der Waals surface area contributed by atoms with Crippen LogP contribution in [0.1, 0.15) is 12.8 Å². The smallest absolute Gasteiger partial charge is 0.397 e. The summed E-state index contributed by atoms with van der Waals surface area (Å²) in [5.74, 6) is -0.527. The standard InChI is InChI=1S/C7H12O6S/c1-2-7(8)12-5-3-4-6-13-14(9,10)11/h2H,1,3-6H2,(H,9,10,11). The van der Waals surface area contributed by atoms with Gasteiger partial charge in [0.2, 0.25) is 0 Å². The van der Waals surface area contributed by atoms with E-state index in [-0.39, 0.29) is 13.2 Å². The summed E-state index contributed by atoms with van der Waals surface area (Å²) in [7, 11) is -4.36. The van der Waals surface area contributed by atoms with Gasteiger partial charge in [0.25, 0.3) is 0 Å². The van der Waals surface area contributed by atoms with E-state index in [9.17, 15) is 13.2 Å². The van der Waals surface area contributed by atoms with E-state index in [1.54, 1.807) is 0 Å². The van der Waals surface area contributed by atoms with Crippen molar-refractivity contribution in [2.24, 2.45) is 0 Å². The summed E-state index contributed by atoms with van der Waals surface area (Å²) in [6.07, 6.45) is 1.86. The fourth-order valence-corrected chi connectivity index (χ4v) is 0.929. The largest absolute Gasteiger partial charge is 0.463 e. The maximum absolute atomic E-state index is 10.5. The summed E-state index contributed by atoms with van der Waals surface area (Å²) in [4.78, 5) is 10.5. The highest BCUT2D eigenvalue weighted by molar-refractivity contribution is 7.80. The first-order valence-electron chi connectivity index (χ1n) is 3.87. The second-order valence-corrected chi connectivity index (χ2v) is 3.42. The summed E-state index contributed by atoms with van der Waals surface area (Å²) < 4.78 is 36.9. The van der Waals surface area contributed by atoms with E-state index in [0.717, 1.165) is 6.08 Å². The van der Waals surface area contributed by atoms with Gasteiger partial charge in [-0.1, -0.05) is 6.58 Å².